The molecule has 33 heavy (non-hydrogen) atoms. The van der Waals surface area contributed by atoms with Gasteiger partial charge in [-0.3, -0.25) is 0 Å². The first kappa shape index (κ1) is 21.0. The van der Waals surface area contributed by atoms with Crippen molar-refractivity contribution in [2.24, 2.45) is 4.99 Å². The lowest BCUT2D eigenvalue weighted by Gasteiger charge is -2.08. The van der Waals surface area contributed by atoms with E-state index in [2.05, 4.69) is 11.1 Å². The second-order valence-electron chi connectivity index (χ2n) is 7.56. The number of rotatable bonds is 5. The van der Waals surface area contributed by atoms with Gasteiger partial charge in [-0.2, -0.15) is 0 Å². The summed E-state index contributed by atoms with van der Waals surface area (Å²) in [4.78, 5) is 23.0. The van der Waals surface area contributed by atoms with Crippen molar-refractivity contribution >= 4 is 40.6 Å². The summed E-state index contributed by atoms with van der Waals surface area (Å²) in [6, 6.07) is 25.4. The van der Waals surface area contributed by atoms with Crippen LogP contribution < -0.4 is 4.74 Å². The number of carbonyl (C=O) groups excluding carboxylic acids is 1. The van der Waals surface area contributed by atoms with Gasteiger partial charge in [0.2, 0.25) is 5.90 Å². The first-order valence-corrected chi connectivity index (χ1v) is 11.2. The Morgan fingerprint density at radius 3 is 2.52 bits per heavy atom. The zero-order valence-corrected chi connectivity index (χ0v) is 18.9. The van der Waals surface area contributed by atoms with Crippen LogP contribution in [0.1, 0.15) is 16.7 Å². The quantitative estimate of drug-likeness (QED) is 0.273. The highest BCUT2D eigenvalue weighted by Gasteiger charge is 2.25. The fraction of sp³-hybridized carbons (Fsp3) is 0.0741. The molecule has 4 aromatic rings. The predicted octanol–water partition coefficient (Wildman–Crippen LogP) is 6.05. The normalized spacial score (nSPS) is 14.4. The van der Waals surface area contributed by atoms with Gasteiger partial charge >= 0.3 is 5.97 Å². The Morgan fingerprint density at radius 2 is 1.76 bits per heavy atom. The Balaban J connectivity index is 1.57. The highest BCUT2D eigenvalue weighted by atomic mass is 32.2. The Hall–Kier alpha value is -3.90. The minimum Gasteiger partial charge on any atom is -0.497 e. The maximum atomic E-state index is 12.6. The lowest BCUT2D eigenvalue weighted by Crippen LogP contribution is -2.05. The highest BCUT2D eigenvalue weighted by molar-refractivity contribution is 7.99. The molecule has 162 valence electrons. The number of cyclic esters (lactones) is 1. The third-order valence-electron chi connectivity index (χ3n) is 5.17. The summed E-state index contributed by atoms with van der Waals surface area (Å²) in [5, 5.41) is 1.80. The summed E-state index contributed by atoms with van der Waals surface area (Å²) < 4.78 is 10.6. The molecule has 0 amide bonds. The van der Waals surface area contributed by atoms with Gasteiger partial charge < -0.3 is 9.47 Å². The third-order valence-corrected chi connectivity index (χ3v) is 6.20. The molecule has 1 aliphatic heterocycles. The SMILES string of the molecule is COc1ccc(C2=N/C(=C/c3cc4cc(C)ccc4nc3Sc3ccccc3)C(=O)O2)cc1. The van der Waals surface area contributed by atoms with Crippen LogP contribution in [0.5, 0.6) is 5.75 Å². The van der Waals surface area contributed by atoms with Gasteiger partial charge in [-0.05, 0) is 67.6 Å². The van der Waals surface area contributed by atoms with Gasteiger partial charge in [0.1, 0.15) is 10.8 Å². The van der Waals surface area contributed by atoms with Crippen molar-refractivity contribution < 1.29 is 14.3 Å². The number of aliphatic imine (C=N–C) groups is 1. The van der Waals surface area contributed by atoms with Gasteiger partial charge in [0.05, 0.1) is 12.6 Å². The van der Waals surface area contributed by atoms with E-state index in [9.17, 15) is 4.79 Å². The average Bonchev–Trinajstić information content (AvgIpc) is 3.20. The first-order valence-electron chi connectivity index (χ1n) is 10.4. The summed E-state index contributed by atoms with van der Waals surface area (Å²) in [7, 11) is 1.60. The molecular weight excluding hydrogens is 432 g/mol. The van der Waals surface area contributed by atoms with Crippen molar-refractivity contribution in [1.29, 1.82) is 0 Å². The molecule has 0 saturated heterocycles. The first-order chi connectivity index (χ1) is 16.1. The second kappa shape index (κ2) is 8.92. The molecule has 6 heteroatoms. The molecule has 0 N–H and O–H groups in total. The minimum atomic E-state index is -0.485. The molecule has 0 spiro atoms. The number of hydrogen-bond acceptors (Lipinski definition) is 6. The van der Waals surface area contributed by atoms with Crippen molar-refractivity contribution in [3.05, 3.63) is 101 Å². The number of pyridine rings is 1. The Bertz CT molecular complexity index is 1410. The molecule has 0 fully saturated rings. The average molecular weight is 453 g/mol. The van der Waals surface area contributed by atoms with Crippen LogP contribution >= 0.6 is 11.8 Å². The van der Waals surface area contributed by atoms with E-state index in [1.165, 1.54) is 0 Å². The van der Waals surface area contributed by atoms with Gasteiger partial charge in [-0.1, -0.05) is 41.6 Å². The fourth-order valence-corrected chi connectivity index (χ4v) is 4.39. The molecular formula is C27H20N2O3S. The molecule has 0 aliphatic carbocycles. The van der Waals surface area contributed by atoms with Gasteiger partial charge in [0.15, 0.2) is 5.70 Å². The standard InChI is InChI=1S/C27H20N2O3S/c1-17-8-13-23-19(14-17)15-20(26(29-23)33-22-6-4-3-5-7-22)16-24-27(30)32-25(28-24)18-9-11-21(31-2)12-10-18/h3-16H,1-2H3/b24-16+. The molecule has 3 aromatic carbocycles. The molecule has 0 radical (unpaired) electrons. The van der Waals surface area contributed by atoms with Crippen molar-refractivity contribution in [2.75, 3.05) is 7.11 Å². The van der Waals surface area contributed by atoms with Gasteiger partial charge in [0, 0.05) is 21.4 Å². The maximum absolute atomic E-state index is 12.6. The number of nitrogens with zero attached hydrogens (tertiary/aromatic N) is 2. The summed E-state index contributed by atoms with van der Waals surface area (Å²) in [5.41, 5.74) is 3.81. The molecule has 0 bridgehead atoms. The molecule has 1 aromatic heterocycles. The molecule has 0 saturated carbocycles. The van der Waals surface area contributed by atoms with Crippen LogP contribution in [0.25, 0.3) is 17.0 Å². The number of aryl methyl sites for hydroxylation is 1. The number of carbonyl (C=O) groups is 1. The lowest BCUT2D eigenvalue weighted by atomic mass is 10.1. The number of aromatic nitrogens is 1. The summed E-state index contributed by atoms with van der Waals surface area (Å²) in [6.07, 6.45) is 1.75. The number of ether oxygens (including phenoxy) is 2. The fourth-order valence-electron chi connectivity index (χ4n) is 3.49. The monoisotopic (exact) mass is 452 g/mol. The van der Waals surface area contributed by atoms with E-state index in [1.54, 1.807) is 37.1 Å². The van der Waals surface area contributed by atoms with E-state index in [4.69, 9.17) is 14.5 Å². The Morgan fingerprint density at radius 1 is 0.970 bits per heavy atom. The van der Waals surface area contributed by atoms with Crippen molar-refractivity contribution in [1.82, 2.24) is 4.98 Å². The Labute approximate surface area is 195 Å². The smallest absolute Gasteiger partial charge is 0.363 e. The number of hydrogen-bond donors (Lipinski definition) is 0. The number of methoxy groups -OCH3 is 1. The molecule has 0 unspecified atom stereocenters. The Kier molecular flexibility index (Phi) is 5.67. The van der Waals surface area contributed by atoms with Crippen molar-refractivity contribution in [2.45, 2.75) is 16.8 Å². The van der Waals surface area contributed by atoms with Crippen LogP contribution in [0.3, 0.4) is 0 Å². The second-order valence-corrected chi connectivity index (χ2v) is 8.62. The van der Waals surface area contributed by atoms with E-state index < -0.39 is 5.97 Å². The zero-order valence-electron chi connectivity index (χ0n) is 18.1. The summed E-state index contributed by atoms with van der Waals surface area (Å²) in [6.45, 7) is 2.05. The van der Waals surface area contributed by atoms with Crippen LogP contribution in [0.4, 0.5) is 0 Å². The van der Waals surface area contributed by atoms with Gasteiger partial charge in [-0.25, -0.2) is 14.8 Å². The van der Waals surface area contributed by atoms with Crippen LogP contribution in [0, 0.1) is 6.92 Å². The number of esters is 1. The summed E-state index contributed by atoms with van der Waals surface area (Å²) in [5.74, 6) is 0.510. The summed E-state index contributed by atoms with van der Waals surface area (Å²) >= 11 is 1.55. The molecule has 1 aliphatic rings. The van der Waals surface area contributed by atoms with E-state index in [0.717, 1.165) is 37.7 Å². The largest absolute Gasteiger partial charge is 0.497 e. The van der Waals surface area contributed by atoms with Gasteiger partial charge in [-0.15, -0.1) is 0 Å². The van der Waals surface area contributed by atoms with Crippen LogP contribution in [0.2, 0.25) is 0 Å². The van der Waals surface area contributed by atoms with Crippen LogP contribution in [0.15, 0.2) is 99.5 Å². The molecule has 5 nitrogen and oxygen atoms in total. The molecule has 5 rings (SSSR count). The third kappa shape index (κ3) is 4.52. The van der Waals surface area contributed by atoms with Crippen molar-refractivity contribution in [3.63, 3.8) is 0 Å². The van der Waals surface area contributed by atoms with Crippen molar-refractivity contribution in [3.8, 4) is 5.75 Å². The zero-order chi connectivity index (χ0) is 22.8. The maximum Gasteiger partial charge on any atom is 0.363 e. The number of benzene rings is 3. The van der Waals surface area contributed by atoms with Crippen LogP contribution in [-0.2, 0) is 9.53 Å². The van der Waals surface area contributed by atoms with Gasteiger partial charge in [0.25, 0.3) is 0 Å². The molecule has 2 heterocycles. The molecule has 0 atom stereocenters. The number of fused-ring (bicyclic) bond motifs is 1. The van der Waals surface area contributed by atoms with E-state index in [-0.39, 0.29) is 11.6 Å². The van der Waals surface area contributed by atoms with E-state index in [1.807, 2.05) is 67.6 Å². The minimum absolute atomic E-state index is 0.240. The predicted molar refractivity (Wildman–Crippen MR) is 131 cm³/mol. The van der Waals surface area contributed by atoms with E-state index >= 15 is 0 Å². The van der Waals surface area contributed by atoms with E-state index in [0.29, 0.717) is 5.56 Å². The van der Waals surface area contributed by atoms with Crippen LogP contribution in [-0.4, -0.2) is 24.0 Å². The lowest BCUT2D eigenvalue weighted by molar-refractivity contribution is -0.129. The topological polar surface area (TPSA) is 60.8 Å². The highest BCUT2D eigenvalue weighted by Crippen LogP contribution is 2.33.